The van der Waals surface area contributed by atoms with Gasteiger partial charge >= 0.3 is 0 Å². The number of aryl methyl sites for hydroxylation is 1. The number of hydrogen-bond donors (Lipinski definition) is 1. The minimum atomic E-state index is -0.234. The largest absolute Gasteiger partial charge is 0.454 e. The van der Waals surface area contributed by atoms with Crippen LogP contribution >= 0.6 is 0 Å². The van der Waals surface area contributed by atoms with Gasteiger partial charge in [-0.2, -0.15) is 4.98 Å². The van der Waals surface area contributed by atoms with Crippen molar-refractivity contribution < 1.29 is 14.3 Å². The van der Waals surface area contributed by atoms with E-state index in [0.717, 1.165) is 60.8 Å². The predicted octanol–water partition coefficient (Wildman–Crippen LogP) is 2.28. The molecule has 0 bridgehead atoms. The van der Waals surface area contributed by atoms with E-state index in [2.05, 4.69) is 27.1 Å². The molecule has 1 fully saturated rings. The molecule has 1 amide bonds. The first-order chi connectivity index (χ1) is 15.7. The summed E-state index contributed by atoms with van der Waals surface area (Å²) in [5, 5.41) is 3.10. The summed E-state index contributed by atoms with van der Waals surface area (Å²) >= 11 is 0. The molecule has 32 heavy (non-hydrogen) atoms. The first-order valence-electron chi connectivity index (χ1n) is 11.0. The standard InChI is InChI=1S/C23H26N6O3/c1-2-17-13-21(27-23(26-17)28-11-9-24-14-28)29-10-3-4-18(29)22(30)25-8-7-16-5-6-19-20(12-16)32-15-31-19/h5-6,9,11-14,18H,2-4,7-8,10,15H2,1H3,(H,25,30)/t18-/m1/s1. The second kappa shape index (κ2) is 8.86. The molecule has 1 aromatic carbocycles. The smallest absolute Gasteiger partial charge is 0.242 e. The molecule has 0 unspecified atom stereocenters. The summed E-state index contributed by atoms with van der Waals surface area (Å²) in [6.07, 6.45) is 8.48. The third-order valence-electron chi connectivity index (χ3n) is 5.85. The molecule has 4 heterocycles. The van der Waals surface area contributed by atoms with E-state index < -0.39 is 0 Å². The number of nitrogens with zero attached hydrogens (tertiary/aromatic N) is 5. The zero-order valence-corrected chi connectivity index (χ0v) is 18.0. The SMILES string of the molecule is CCc1cc(N2CCC[C@@H]2C(=O)NCCc2ccc3c(c2)OCO3)nc(-n2ccnc2)n1. The van der Waals surface area contributed by atoms with Gasteiger partial charge in [0.2, 0.25) is 18.6 Å². The van der Waals surface area contributed by atoms with Crippen molar-refractivity contribution >= 4 is 11.7 Å². The number of rotatable bonds is 7. The average Bonchev–Trinajstić information content (AvgIpc) is 3.59. The van der Waals surface area contributed by atoms with Crippen molar-refractivity contribution in [2.24, 2.45) is 0 Å². The van der Waals surface area contributed by atoms with E-state index in [1.807, 2.05) is 30.5 Å². The van der Waals surface area contributed by atoms with E-state index in [0.29, 0.717) is 12.5 Å². The van der Waals surface area contributed by atoms with Gasteiger partial charge in [0, 0.05) is 37.2 Å². The highest BCUT2D eigenvalue weighted by Gasteiger charge is 2.32. The number of anilines is 1. The molecule has 0 aliphatic carbocycles. The first kappa shape index (κ1) is 20.3. The lowest BCUT2D eigenvalue weighted by molar-refractivity contribution is -0.122. The fourth-order valence-corrected chi connectivity index (χ4v) is 4.15. The number of nitrogens with one attached hydrogen (secondary N) is 1. The number of imidazole rings is 1. The Morgan fingerprint density at radius 1 is 1.22 bits per heavy atom. The number of aromatic nitrogens is 4. The van der Waals surface area contributed by atoms with Crippen molar-refractivity contribution in [1.82, 2.24) is 24.8 Å². The summed E-state index contributed by atoms with van der Waals surface area (Å²) < 4.78 is 12.6. The van der Waals surface area contributed by atoms with Crippen molar-refractivity contribution in [1.29, 1.82) is 0 Å². The third-order valence-corrected chi connectivity index (χ3v) is 5.85. The van der Waals surface area contributed by atoms with Crippen LogP contribution in [0.15, 0.2) is 43.0 Å². The maximum atomic E-state index is 13.0. The Balaban J connectivity index is 1.26. The van der Waals surface area contributed by atoms with Gasteiger partial charge in [0.25, 0.3) is 0 Å². The fraction of sp³-hybridized carbons (Fsp3) is 0.391. The molecule has 1 saturated heterocycles. The van der Waals surface area contributed by atoms with E-state index in [4.69, 9.17) is 14.5 Å². The Hall–Kier alpha value is -3.62. The van der Waals surface area contributed by atoms with Gasteiger partial charge in [-0.05, 0) is 43.4 Å². The molecule has 2 aromatic heterocycles. The Labute approximate surface area is 186 Å². The van der Waals surface area contributed by atoms with Crippen molar-refractivity contribution in [3.8, 4) is 17.4 Å². The van der Waals surface area contributed by atoms with Crippen molar-refractivity contribution in [3.05, 3.63) is 54.2 Å². The molecular weight excluding hydrogens is 408 g/mol. The molecule has 9 heteroatoms. The summed E-state index contributed by atoms with van der Waals surface area (Å²) in [5.74, 6) is 2.93. The van der Waals surface area contributed by atoms with E-state index in [1.54, 1.807) is 17.1 Å². The number of carbonyl (C=O) groups is 1. The Morgan fingerprint density at radius 2 is 2.12 bits per heavy atom. The molecule has 0 saturated carbocycles. The summed E-state index contributed by atoms with van der Waals surface area (Å²) in [4.78, 5) is 28.5. The van der Waals surface area contributed by atoms with Gasteiger partial charge in [0.05, 0.1) is 0 Å². The number of benzene rings is 1. The number of fused-ring (bicyclic) bond motifs is 1. The van der Waals surface area contributed by atoms with E-state index >= 15 is 0 Å². The minimum absolute atomic E-state index is 0.0316. The molecule has 1 atom stereocenters. The summed E-state index contributed by atoms with van der Waals surface area (Å²) in [5.41, 5.74) is 2.04. The highest BCUT2D eigenvalue weighted by atomic mass is 16.7. The van der Waals surface area contributed by atoms with Gasteiger partial charge in [-0.25, -0.2) is 9.97 Å². The van der Waals surface area contributed by atoms with Crippen LogP contribution in [0, 0.1) is 0 Å². The van der Waals surface area contributed by atoms with Crippen LogP contribution in [0.1, 0.15) is 31.0 Å². The van der Waals surface area contributed by atoms with Crippen molar-refractivity contribution in [2.75, 3.05) is 24.8 Å². The lowest BCUT2D eigenvalue weighted by atomic mass is 10.1. The first-order valence-corrected chi connectivity index (χ1v) is 11.0. The van der Waals surface area contributed by atoms with Crippen LogP contribution in [-0.2, 0) is 17.6 Å². The minimum Gasteiger partial charge on any atom is -0.454 e. The molecule has 2 aliphatic heterocycles. The van der Waals surface area contributed by atoms with Gasteiger partial charge in [-0.15, -0.1) is 0 Å². The second-order valence-electron chi connectivity index (χ2n) is 7.92. The quantitative estimate of drug-likeness (QED) is 0.610. The molecule has 2 aliphatic rings. The molecule has 9 nitrogen and oxygen atoms in total. The summed E-state index contributed by atoms with van der Waals surface area (Å²) in [7, 11) is 0. The van der Waals surface area contributed by atoms with Crippen LogP contribution in [0.4, 0.5) is 5.82 Å². The average molecular weight is 435 g/mol. The topological polar surface area (TPSA) is 94.4 Å². The van der Waals surface area contributed by atoms with Gasteiger partial charge in [0.15, 0.2) is 11.5 Å². The van der Waals surface area contributed by atoms with Crippen LogP contribution in [0.25, 0.3) is 5.95 Å². The normalized spacial score (nSPS) is 17.0. The van der Waals surface area contributed by atoms with E-state index in [9.17, 15) is 4.79 Å². The van der Waals surface area contributed by atoms with Crippen molar-refractivity contribution in [3.63, 3.8) is 0 Å². The van der Waals surface area contributed by atoms with Gasteiger partial charge in [-0.3, -0.25) is 9.36 Å². The third kappa shape index (κ3) is 4.10. The molecule has 5 rings (SSSR count). The molecule has 0 radical (unpaired) electrons. The summed E-state index contributed by atoms with van der Waals surface area (Å²) in [6.45, 7) is 3.68. The summed E-state index contributed by atoms with van der Waals surface area (Å²) in [6, 6.07) is 7.64. The fourth-order valence-electron chi connectivity index (χ4n) is 4.15. The monoisotopic (exact) mass is 434 g/mol. The maximum absolute atomic E-state index is 13.0. The van der Waals surface area contributed by atoms with Gasteiger partial charge < -0.3 is 19.7 Å². The molecule has 1 N–H and O–H groups in total. The Bertz CT molecular complexity index is 1100. The Morgan fingerprint density at radius 3 is 2.97 bits per heavy atom. The van der Waals surface area contributed by atoms with Crippen LogP contribution in [0.2, 0.25) is 0 Å². The molecule has 3 aromatic rings. The number of carbonyl (C=O) groups excluding carboxylic acids is 1. The lowest BCUT2D eigenvalue weighted by Gasteiger charge is -2.25. The molecular formula is C23H26N6O3. The van der Waals surface area contributed by atoms with Crippen molar-refractivity contribution in [2.45, 2.75) is 38.6 Å². The number of hydrogen-bond acceptors (Lipinski definition) is 7. The lowest BCUT2D eigenvalue weighted by Crippen LogP contribution is -2.44. The number of amides is 1. The Kier molecular flexibility index (Phi) is 5.62. The predicted molar refractivity (Wildman–Crippen MR) is 118 cm³/mol. The molecule has 0 spiro atoms. The van der Waals surface area contributed by atoms with Gasteiger partial charge in [0.1, 0.15) is 18.2 Å². The number of ether oxygens (including phenoxy) is 2. The van der Waals surface area contributed by atoms with E-state index in [1.165, 1.54) is 0 Å². The zero-order valence-electron chi connectivity index (χ0n) is 18.0. The highest BCUT2D eigenvalue weighted by molar-refractivity contribution is 5.85. The van der Waals surface area contributed by atoms with Gasteiger partial charge in [-0.1, -0.05) is 13.0 Å². The second-order valence-corrected chi connectivity index (χ2v) is 7.92. The maximum Gasteiger partial charge on any atom is 0.242 e. The van der Waals surface area contributed by atoms with Crippen LogP contribution in [0.3, 0.4) is 0 Å². The van der Waals surface area contributed by atoms with E-state index in [-0.39, 0.29) is 18.7 Å². The van der Waals surface area contributed by atoms with Crippen LogP contribution in [-0.4, -0.2) is 51.4 Å². The highest BCUT2D eigenvalue weighted by Crippen LogP contribution is 2.32. The zero-order chi connectivity index (χ0) is 21.9. The van der Waals surface area contributed by atoms with Crippen LogP contribution in [0.5, 0.6) is 11.5 Å². The van der Waals surface area contributed by atoms with Crippen LogP contribution < -0.4 is 19.7 Å². The molecule has 166 valence electrons.